The summed E-state index contributed by atoms with van der Waals surface area (Å²) in [6, 6.07) is 7.34. The molecule has 94 valence electrons. The molecule has 0 spiro atoms. The summed E-state index contributed by atoms with van der Waals surface area (Å²) in [5.41, 5.74) is 5.94. The van der Waals surface area contributed by atoms with Gasteiger partial charge in [-0.15, -0.1) is 0 Å². The summed E-state index contributed by atoms with van der Waals surface area (Å²) in [7, 11) is 0. The maximum Gasteiger partial charge on any atom is 0.144 e. The average molecular weight is 254 g/mol. The van der Waals surface area contributed by atoms with Crippen LogP contribution in [0, 0.1) is 5.41 Å². The molecule has 1 aromatic rings. The van der Waals surface area contributed by atoms with E-state index in [4.69, 9.17) is 17.3 Å². The zero-order chi connectivity index (χ0) is 13.3. The van der Waals surface area contributed by atoms with Crippen LogP contribution in [0.5, 0.6) is 0 Å². The van der Waals surface area contributed by atoms with Crippen LogP contribution in [-0.4, -0.2) is 11.3 Å². The molecule has 1 aromatic carbocycles. The van der Waals surface area contributed by atoms with Crippen LogP contribution in [0.3, 0.4) is 0 Å². The van der Waals surface area contributed by atoms with Crippen LogP contribution in [0.2, 0.25) is 5.02 Å². The van der Waals surface area contributed by atoms with Gasteiger partial charge in [-0.2, -0.15) is 0 Å². The Morgan fingerprint density at radius 3 is 2.06 bits per heavy atom. The number of nitrogens with two attached hydrogens (primary N) is 1. The minimum Gasteiger partial charge on any atom is -0.325 e. The molecule has 0 aromatic heterocycles. The number of rotatable bonds is 4. The number of carbonyl (C=O) groups is 1. The van der Waals surface area contributed by atoms with Crippen LogP contribution in [0.25, 0.3) is 0 Å². The Bertz CT molecular complexity index is 401. The Morgan fingerprint density at radius 2 is 1.65 bits per heavy atom. The summed E-state index contributed by atoms with van der Waals surface area (Å²) < 4.78 is 0. The maximum absolute atomic E-state index is 12.3. The summed E-state index contributed by atoms with van der Waals surface area (Å²) >= 11 is 5.81. The van der Waals surface area contributed by atoms with Gasteiger partial charge in [0.25, 0.3) is 0 Å². The van der Waals surface area contributed by atoms with E-state index in [1.165, 1.54) is 0 Å². The maximum atomic E-state index is 12.3. The molecule has 3 heteroatoms. The quantitative estimate of drug-likeness (QED) is 0.895. The lowest BCUT2D eigenvalue weighted by Gasteiger charge is -2.37. The van der Waals surface area contributed by atoms with Crippen molar-refractivity contribution < 1.29 is 4.79 Å². The Morgan fingerprint density at radius 1 is 1.18 bits per heavy atom. The minimum atomic E-state index is -0.549. The number of Topliss-reactive ketones (excluding diaryl/α,β-unsaturated/α-hetero) is 1. The normalized spacial score (nSPS) is 12.6. The Kier molecular flexibility index (Phi) is 4.00. The van der Waals surface area contributed by atoms with Gasteiger partial charge < -0.3 is 5.73 Å². The lowest BCUT2D eigenvalue weighted by atomic mass is 9.71. The first-order valence-electron chi connectivity index (χ1n) is 5.71. The van der Waals surface area contributed by atoms with Gasteiger partial charge in [-0.1, -0.05) is 37.6 Å². The molecule has 0 saturated carbocycles. The molecule has 0 radical (unpaired) electrons. The van der Waals surface area contributed by atoms with E-state index in [0.29, 0.717) is 11.4 Å². The fourth-order valence-corrected chi connectivity index (χ4v) is 1.49. The summed E-state index contributed by atoms with van der Waals surface area (Å²) in [6.07, 6.45) is 0.394. The Balaban J connectivity index is 2.83. The lowest BCUT2D eigenvalue weighted by molar-refractivity contribution is -0.129. The molecule has 2 nitrogen and oxygen atoms in total. The first-order chi connectivity index (χ1) is 7.64. The van der Waals surface area contributed by atoms with Gasteiger partial charge in [0.05, 0.1) is 0 Å². The van der Waals surface area contributed by atoms with Gasteiger partial charge in [0.15, 0.2) is 0 Å². The predicted octanol–water partition coefficient (Wildman–Crippen LogP) is 3.22. The molecular weight excluding hydrogens is 234 g/mol. The monoisotopic (exact) mass is 253 g/mol. The van der Waals surface area contributed by atoms with E-state index < -0.39 is 11.0 Å². The first kappa shape index (κ1) is 14.2. The van der Waals surface area contributed by atoms with Crippen molar-refractivity contribution >= 4 is 17.4 Å². The molecule has 0 bridgehead atoms. The van der Waals surface area contributed by atoms with Gasteiger partial charge in [0.2, 0.25) is 0 Å². The second kappa shape index (κ2) is 4.79. The van der Waals surface area contributed by atoms with Crippen LogP contribution < -0.4 is 5.73 Å². The zero-order valence-electron chi connectivity index (χ0n) is 10.9. The third-order valence-corrected chi connectivity index (χ3v) is 3.84. The van der Waals surface area contributed by atoms with E-state index >= 15 is 0 Å². The van der Waals surface area contributed by atoms with Crippen molar-refractivity contribution in [3.05, 3.63) is 34.9 Å². The van der Waals surface area contributed by atoms with Gasteiger partial charge >= 0.3 is 0 Å². The second-order valence-corrected chi connectivity index (χ2v) is 6.01. The molecule has 0 aliphatic carbocycles. The molecule has 0 aliphatic heterocycles. The predicted molar refractivity (Wildman–Crippen MR) is 72.2 cm³/mol. The van der Waals surface area contributed by atoms with Crippen LogP contribution >= 0.6 is 11.6 Å². The number of halogens is 1. The molecule has 0 atom stereocenters. The minimum absolute atomic E-state index is 0.146. The molecule has 1 rings (SSSR count). The van der Waals surface area contributed by atoms with Gasteiger partial charge in [0.1, 0.15) is 5.78 Å². The summed E-state index contributed by atoms with van der Waals surface area (Å²) in [4.78, 5) is 12.3. The number of hydrogen-bond acceptors (Lipinski definition) is 2. The van der Waals surface area contributed by atoms with Crippen molar-refractivity contribution in [1.82, 2.24) is 0 Å². The average Bonchev–Trinajstić information content (AvgIpc) is 2.19. The molecule has 0 fully saturated rings. The smallest absolute Gasteiger partial charge is 0.144 e. The van der Waals surface area contributed by atoms with Crippen molar-refractivity contribution in [2.45, 2.75) is 39.7 Å². The summed E-state index contributed by atoms with van der Waals surface area (Å²) in [5, 5.41) is 0.680. The molecular formula is C14H20ClNO. The highest BCUT2D eigenvalue weighted by Gasteiger charge is 2.39. The van der Waals surface area contributed by atoms with Crippen LogP contribution in [0.1, 0.15) is 33.3 Å². The number of benzene rings is 1. The third kappa shape index (κ3) is 3.30. The van der Waals surface area contributed by atoms with Gasteiger partial charge in [0, 0.05) is 22.4 Å². The molecule has 2 N–H and O–H groups in total. The summed E-state index contributed by atoms with van der Waals surface area (Å²) in [5.74, 6) is 0.146. The Hall–Kier alpha value is -0.860. The van der Waals surface area contributed by atoms with E-state index in [-0.39, 0.29) is 5.78 Å². The van der Waals surface area contributed by atoms with E-state index in [1.807, 2.05) is 39.8 Å². The van der Waals surface area contributed by atoms with Gasteiger partial charge in [-0.05, 0) is 31.5 Å². The SMILES string of the molecule is CC(C)(N)C(C)(C)C(=O)Cc1ccc(Cl)cc1. The number of ketones is 1. The number of hydrogen-bond donors (Lipinski definition) is 1. The highest BCUT2D eigenvalue weighted by Crippen LogP contribution is 2.30. The van der Waals surface area contributed by atoms with E-state index in [9.17, 15) is 4.79 Å². The van der Waals surface area contributed by atoms with Gasteiger partial charge in [-0.25, -0.2) is 0 Å². The Labute approximate surface area is 108 Å². The largest absolute Gasteiger partial charge is 0.325 e. The van der Waals surface area contributed by atoms with Crippen molar-refractivity contribution in [2.24, 2.45) is 11.1 Å². The standard InChI is InChI=1S/C14H20ClNO/c1-13(2,14(3,4)16)12(17)9-10-5-7-11(15)8-6-10/h5-8H,9,16H2,1-4H3. The van der Waals surface area contributed by atoms with E-state index in [2.05, 4.69) is 0 Å². The van der Waals surface area contributed by atoms with Crippen molar-refractivity contribution in [2.75, 3.05) is 0 Å². The van der Waals surface area contributed by atoms with Gasteiger partial charge in [-0.3, -0.25) is 4.79 Å². The van der Waals surface area contributed by atoms with E-state index in [0.717, 1.165) is 5.56 Å². The third-order valence-electron chi connectivity index (χ3n) is 3.59. The molecule has 17 heavy (non-hydrogen) atoms. The highest BCUT2D eigenvalue weighted by atomic mass is 35.5. The fraction of sp³-hybridized carbons (Fsp3) is 0.500. The number of carbonyl (C=O) groups excluding carboxylic acids is 1. The fourth-order valence-electron chi connectivity index (χ4n) is 1.37. The molecule has 0 amide bonds. The lowest BCUT2D eigenvalue weighted by Crippen LogP contribution is -2.52. The van der Waals surface area contributed by atoms with Crippen LogP contribution in [0.15, 0.2) is 24.3 Å². The zero-order valence-corrected chi connectivity index (χ0v) is 11.6. The highest BCUT2D eigenvalue weighted by molar-refractivity contribution is 6.30. The van der Waals surface area contributed by atoms with E-state index in [1.54, 1.807) is 12.1 Å². The van der Waals surface area contributed by atoms with Crippen molar-refractivity contribution in [1.29, 1.82) is 0 Å². The molecule has 0 heterocycles. The van der Waals surface area contributed by atoms with Crippen molar-refractivity contribution in [3.8, 4) is 0 Å². The first-order valence-corrected chi connectivity index (χ1v) is 6.09. The molecule has 0 aliphatic rings. The van der Waals surface area contributed by atoms with Crippen LogP contribution in [0.4, 0.5) is 0 Å². The van der Waals surface area contributed by atoms with Crippen LogP contribution in [-0.2, 0) is 11.2 Å². The van der Waals surface area contributed by atoms with Crippen molar-refractivity contribution in [3.63, 3.8) is 0 Å². The second-order valence-electron chi connectivity index (χ2n) is 5.57. The molecule has 0 saturated heterocycles. The topological polar surface area (TPSA) is 43.1 Å². The summed E-state index contributed by atoms with van der Waals surface area (Å²) in [6.45, 7) is 7.55. The molecule has 0 unspecified atom stereocenters.